The first kappa shape index (κ1) is 42.8. The number of hydrogen-bond acceptors (Lipinski definition) is 2. The van der Waals surface area contributed by atoms with Crippen molar-refractivity contribution in [2.24, 2.45) is 0 Å². The van der Waals surface area contributed by atoms with Gasteiger partial charge in [-0.1, -0.05) is 218 Å². The zero-order valence-corrected chi connectivity index (χ0v) is 42.7. The molecular formula is C74H46N2S. The molecule has 1 spiro atoms. The molecule has 3 heteroatoms. The summed E-state index contributed by atoms with van der Waals surface area (Å²) in [5.74, 6) is 0. The highest BCUT2D eigenvalue weighted by Crippen LogP contribution is 2.62. The van der Waals surface area contributed by atoms with Gasteiger partial charge in [-0.15, -0.1) is 11.3 Å². The normalized spacial score (nSPS) is 15.2. The van der Waals surface area contributed by atoms with E-state index in [2.05, 4.69) is 289 Å². The van der Waals surface area contributed by atoms with E-state index in [9.17, 15) is 0 Å². The molecule has 77 heavy (non-hydrogen) atoms. The third-order valence-corrected chi connectivity index (χ3v) is 18.6. The molecule has 1 aliphatic heterocycles. The fraction of sp³-hybridized carbons (Fsp3) is 0.0270. The van der Waals surface area contributed by atoms with Crippen LogP contribution in [-0.4, -0.2) is 4.57 Å². The van der Waals surface area contributed by atoms with Crippen LogP contribution in [0.3, 0.4) is 0 Å². The Labute approximate surface area is 450 Å². The van der Waals surface area contributed by atoms with Gasteiger partial charge in [0.05, 0.1) is 27.6 Å². The third-order valence-electron chi connectivity index (χ3n) is 17.5. The largest absolute Gasteiger partial charge is 0.310 e. The molecule has 358 valence electrons. The summed E-state index contributed by atoms with van der Waals surface area (Å²) in [6.07, 6.45) is 0. The van der Waals surface area contributed by atoms with E-state index < -0.39 is 10.8 Å². The first-order chi connectivity index (χ1) is 38.2. The molecule has 1 atom stereocenters. The SMILES string of the molecule is c1ccc(C2(c3ccc(N(c4ccc(-c5ccc6c(c5)sc5ccccc56)cc4)c4ccc5c(c4)C4(c6ccccc6-5)c5ccccc5-n5c6ccccc6c6cccc4c65)cc3)c3ccccc3-c3ccccc32)cc1. The van der Waals surface area contributed by atoms with Gasteiger partial charge in [-0.25, -0.2) is 0 Å². The van der Waals surface area contributed by atoms with Crippen molar-refractivity contribution in [1.29, 1.82) is 0 Å². The molecule has 3 aliphatic rings. The van der Waals surface area contributed by atoms with Gasteiger partial charge in [0.1, 0.15) is 0 Å². The zero-order valence-electron chi connectivity index (χ0n) is 41.9. The lowest BCUT2D eigenvalue weighted by Crippen LogP contribution is -2.33. The molecule has 17 rings (SSSR count). The van der Waals surface area contributed by atoms with Crippen LogP contribution in [0, 0.1) is 0 Å². The molecule has 2 aliphatic carbocycles. The minimum absolute atomic E-state index is 0.501. The molecule has 2 nitrogen and oxygen atoms in total. The quantitative estimate of drug-likeness (QED) is 0.161. The van der Waals surface area contributed by atoms with Gasteiger partial charge in [0, 0.05) is 48.0 Å². The minimum atomic E-state index is -0.585. The Morgan fingerprint density at radius 1 is 0.299 bits per heavy atom. The van der Waals surface area contributed by atoms with E-state index in [1.807, 2.05) is 11.3 Å². The second kappa shape index (κ2) is 16.0. The van der Waals surface area contributed by atoms with Gasteiger partial charge >= 0.3 is 0 Å². The van der Waals surface area contributed by atoms with Crippen molar-refractivity contribution in [2.75, 3.05) is 4.90 Å². The number of anilines is 3. The lowest BCUT2D eigenvalue weighted by atomic mass is 9.65. The molecule has 0 radical (unpaired) electrons. The van der Waals surface area contributed by atoms with Crippen molar-refractivity contribution in [3.63, 3.8) is 0 Å². The van der Waals surface area contributed by atoms with E-state index >= 15 is 0 Å². The van der Waals surface area contributed by atoms with Crippen molar-refractivity contribution in [3.8, 4) is 39.1 Å². The molecule has 0 fully saturated rings. The third kappa shape index (κ3) is 5.68. The van der Waals surface area contributed by atoms with Crippen LogP contribution in [0.15, 0.2) is 279 Å². The monoisotopic (exact) mass is 994 g/mol. The predicted molar refractivity (Wildman–Crippen MR) is 322 cm³/mol. The molecule has 14 aromatic rings. The van der Waals surface area contributed by atoms with E-state index in [1.165, 1.54) is 126 Å². The molecule has 1 unspecified atom stereocenters. The van der Waals surface area contributed by atoms with E-state index in [4.69, 9.17) is 0 Å². The summed E-state index contributed by atoms with van der Waals surface area (Å²) in [4.78, 5) is 2.48. The number of para-hydroxylation sites is 3. The summed E-state index contributed by atoms with van der Waals surface area (Å²) in [5, 5.41) is 5.19. The second-order valence-electron chi connectivity index (χ2n) is 21.0. The Kier molecular flexibility index (Phi) is 8.88. The van der Waals surface area contributed by atoms with E-state index in [0.717, 1.165) is 17.1 Å². The number of thiophene rings is 1. The molecular weight excluding hydrogens is 949 g/mol. The lowest BCUT2D eigenvalue weighted by Gasteiger charge is -2.40. The maximum Gasteiger partial charge on any atom is 0.0755 e. The van der Waals surface area contributed by atoms with Crippen molar-refractivity contribution in [2.45, 2.75) is 10.8 Å². The molecule has 0 saturated heterocycles. The number of rotatable bonds is 6. The topological polar surface area (TPSA) is 8.17 Å². The first-order valence-corrected chi connectivity index (χ1v) is 27.6. The molecule has 0 bridgehead atoms. The van der Waals surface area contributed by atoms with Crippen LogP contribution >= 0.6 is 11.3 Å². The highest BCUT2D eigenvalue weighted by molar-refractivity contribution is 7.25. The number of benzene rings is 12. The average molecular weight is 995 g/mol. The van der Waals surface area contributed by atoms with Crippen molar-refractivity contribution in [1.82, 2.24) is 4.57 Å². The van der Waals surface area contributed by atoms with Crippen LogP contribution in [0.4, 0.5) is 17.1 Å². The summed E-state index contributed by atoms with van der Waals surface area (Å²) in [6, 6.07) is 105. The van der Waals surface area contributed by atoms with Crippen molar-refractivity contribution in [3.05, 3.63) is 324 Å². The van der Waals surface area contributed by atoms with Gasteiger partial charge in [0.25, 0.3) is 0 Å². The Morgan fingerprint density at radius 3 is 1.56 bits per heavy atom. The highest BCUT2D eigenvalue weighted by Gasteiger charge is 2.51. The number of fused-ring (bicyclic) bond motifs is 18. The van der Waals surface area contributed by atoms with Gasteiger partial charge in [-0.3, -0.25) is 0 Å². The number of nitrogens with zero attached hydrogens (tertiary/aromatic N) is 2. The molecule has 0 amide bonds. The Balaban J connectivity index is 0.886. The van der Waals surface area contributed by atoms with Crippen LogP contribution in [0.5, 0.6) is 0 Å². The predicted octanol–water partition coefficient (Wildman–Crippen LogP) is 19.3. The second-order valence-corrected chi connectivity index (χ2v) is 22.1. The van der Waals surface area contributed by atoms with Crippen LogP contribution in [0.25, 0.3) is 81.0 Å². The van der Waals surface area contributed by atoms with Gasteiger partial charge in [-0.05, 0) is 139 Å². The smallest absolute Gasteiger partial charge is 0.0755 e. The van der Waals surface area contributed by atoms with Crippen LogP contribution in [0.1, 0.15) is 44.5 Å². The lowest BCUT2D eigenvalue weighted by molar-refractivity contribution is 0.748. The Bertz CT molecular complexity index is 4710. The number of hydrogen-bond donors (Lipinski definition) is 0. The summed E-state index contributed by atoms with van der Waals surface area (Å²) < 4.78 is 5.16. The molecule has 12 aromatic carbocycles. The fourth-order valence-electron chi connectivity index (χ4n) is 14.4. The van der Waals surface area contributed by atoms with Crippen LogP contribution in [0.2, 0.25) is 0 Å². The molecule has 2 aromatic heterocycles. The summed E-state index contributed by atoms with van der Waals surface area (Å²) >= 11 is 1.87. The molecule has 0 saturated carbocycles. The maximum absolute atomic E-state index is 2.53. The Hall–Kier alpha value is -9.54. The zero-order chi connectivity index (χ0) is 50.4. The van der Waals surface area contributed by atoms with Crippen LogP contribution in [-0.2, 0) is 10.8 Å². The fourth-order valence-corrected chi connectivity index (χ4v) is 15.6. The van der Waals surface area contributed by atoms with Gasteiger partial charge in [0.2, 0.25) is 0 Å². The van der Waals surface area contributed by atoms with Crippen molar-refractivity contribution >= 4 is 70.4 Å². The Morgan fingerprint density at radius 2 is 0.818 bits per heavy atom. The standard InChI is InChI=1S/C74H46N2S/c1-2-17-49(18-3-1)73(62-25-9-4-19-54(62)55-20-5-10-26-63(55)73)50-36-40-52(41-37-50)75(51-38-33-47(34-39-51)48-35-43-60-59-23-8-15-32-70(59)77-71(60)45-48)53-42-44-57-56-21-6-11-27-64(56)74(67(57)46-53)65-28-12-14-31-69(65)76-68-30-13-7-22-58(68)61-24-16-29-66(74)72(61)76/h1-46H. The highest BCUT2D eigenvalue weighted by atomic mass is 32.1. The summed E-state index contributed by atoms with van der Waals surface area (Å²) in [5.41, 5.74) is 23.8. The molecule has 3 heterocycles. The van der Waals surface area contributed by atoms with Gasteiger partial charge in [0.15, 0.2) is 0 Å². The first-order valence-electron chi connectivity index (χ1n) is 26.7. The average Bonchev–Trinajstić information content (AvgIpc) is 4.41. The van der Waals surface area contributed by atoms with E-state index in [0.29, 0.717) is 0 Å². The minimum Gasteiger partial charge on any atom is -0.310 e. The maximum atomic E-state index is 2.53. The number of aromatic nitrogens is 1. The van der Waals surface area contributed by atoms with E-state index in [-0.39, 0.29) is 0 Å². The summed E-state index contributed by atoms with van der Waals surface area (Å²) in [7, 11) is 0. The summed E-state index contributed by atoms with van der Waals surface area (Å²) in [6.45, 7) is 0. The van der Waals surface area contributed by atoms with E-state index in [1.54, 1.807) is 0 Å². The van der Waals surface area contributed by atoms with Crippen LogP contribution < -0.4 is 4.90 Å². The molecule has 0 N–H and O–H groups in total. The van der Waals surface area contributed by atoms with Gasteiger partial charge < -0.3 is 9.47 Å². The van der Waals surface area contributed by atoms with Crippen molar-refractivity contribution < 1.29 is 0 Å². The van der Waals surface area contributed by atoms with Gasteiger partial charge in [-0.2, -0.15) is 0 Å².